The highest BCUT2D eigenvalue weighted by Crippen LogP contribution is 2.41. The molecule has 0 unspecified atom stereocenters. The minimum atomic E-state index is -0.150. The van der Waals surface area contributed by atoms with Crippen LogP contribution >= 0.6 is 23.1 Å². The van der Waals surface area contributed by atoms with Crippen LogP contribution in [0.4, 0.5) is 11.4 Å². The van der Waals surface area contributed by atoms with Crippen molar-refractivity contribution in [2.24, 2.45) is 0 Å². The predicted octanol–water partition coefficient (Wildman–Crippen LogP) is 4.14. The normalized spacial score (nSPS) is 13.0. The summed E-state index contributed by atoms with van der Waals surface area (Å²) in [6.45, 7) is 0. The molecular formula is C18H13N3O2S2. The molecule has 2 aromatic heterocycles. The Labute approximate surface area is 152 Å². The fourth-order valence-corrected chi connectivity index (χ4v) is 4.30. The Hall–Kier alpha value is -2.64. The number of hydrogen-bond acceptors (Lipinski definition) is 5. The van der Waals surface area contributed by atoms with Gasteiger partial charge in [0.15, 0.2) is 0 Å². The van der Waals surface area contributed by atoms with E-state index in [1.807, 2.05) is 17.5 Å². The number of rotatable bonds is 2. The molecule has 0 aliphatic carbocycles. The Morgan fingerprint density at radius 2 is 2.12 bits per heavy atom. The van der Waals surface area contributed by atoms with Crippen LogP contribution in [-0.4, -0.2) is 23.8 Å². The maximum atomic E-state index is 12.6. The Morgan fingerprint density at radius 3 is 2.92 bits per heavy atom. The maximum absolute atomic E-state index is 12.6. The average molecular weight is 367 g/mol. The molecule has 25 heavy (non-hydrogen) atoms. The second-order valence-electron chi connectivity index (χ2n) is 5.47. The fraction of sp³-hybridized carbons (Fsp3) is 0.0556. The van der Waals surface area contributed by atoms with Crippen molar-refractivity contribution >= 4 is 46.3 Å². The van der Waals surface area contributed by atoms with Crippen molar-refractivity contribution in [3.63, 3.8) is 0 Å². The number of benzene rings is 1. The van der Waals surface area contributed by atoms with E-state index in [-0.39, 0.29) is 11.8 Å². The van der Waals surface area contributed by atoms with Crippen LogP contribution < -0.4 is 10.2 Å². The van der Waals surface area contributed by atoms with E-state index in [0.29, 0.717) is 21.8 Å². The van der Waals surface area contributed by atoms with Crippen LogP contribution in [0.3, 0.4) is 0 Å². The van der Waals surface area contributed by atoms with Crippen molar-refractivity contribution in [2.75, 3.05) is 17.3 Å². The van der Waals surface area contributed by atoms with E-state index in [2.05, 4.69) is 10.3 Å². The molecule has 1 aliphatic heterocycles. The van der Waals surface area contributed by atoms with Gasteiger partial charge in [-0.25, -0.2) is 4.98 Å². The third-order valence-corrected chi connectivity index (χ3v) is 5.62. The number of nitrogens with zero attached hydrogens (tertiary/aromatic N) is 2. The molecule has 0 saturated carbocycles. The van der Waals surface area contributed by atoms with E-state index in [9.17, 15) is 9.59 Å². The zero-order chi connectivity index (χ0) is 17.4. The Bertz CT molecular complexity index is 970. The number of carbonyl (C=O) groups excluding carboxylic acids is 2. The summed E-state index contributed by atoms with van der Waals surface area (Å²) in [5.74, 6) is -0.243. The van der Waals surface area contributed by atoms with Gasteiger partial charge in [0.2, 0.25) is 0 Å². The zero-order valence-electron chi connectivity index (χ0n) is 13.2. The van der Waals surface area contributed by atoms with Crippen LogP contribution in [0.2, 0.25) is 0 Å². The van der Waals surface area contributed by atoms with Crippen LogP contribution in [0.5, 0.6) is 0 Å². The summed E-state index contributed by atoms with van der Waals surface area (Å²) in [6.07, 6.45) is 1.67. The average Bonchev–Trinajstić information content (AvgIpc) is 3.13. The van der Waals surface area contributed by atoms with E-state index < -0.39 is 0 Å². The maximum Gasteiger partial charge on any atom is 0.260 e. The number of aromatic nitrogens is 1. The van der Waals surface area contributed by atoms with Gasteiger partial charge < -0.3 is 10.2 Å². The molecule has 124 valence electrons. The summed E-state index contributed by atoms with van der Waals surface area (Å²) >= 11 is 2.91. The second-order valence-corrected chi connectivity index (χ2v) is 7.28. The molecule has 3 heterocycles. The first-order chi connectivity index (χ1) is 12.1. The first-order valence-corrected chi connectivity index (χ1v) is 9.28. The van der Waals surface area contributed by atoms with Crippen molar-refractivity contribution in [1.29, 1.82) is 0 Å². The highest BCUT2D eigenvalue weighted by Gasteiger charge is 2.25. The van der Waals surface area contributed by atoms with Gasteiger partial charge in [-0.1, -0.05) is 11.8 Å². The Morgan fingerprint density at radius 1 is 1.24 bits per heavy atom. The summed E-state index contributed by atoms with van der Waals surface area (Å²) in [6, 6.07) is 10.8. The lowest BCUT2D eigenvalue weighted by Crippen LogP contribution is -2.26. The molecule has 0 atom stereocenters. The van der Waals surface area contributed by atoms with E-state index in [1.54, 1.807) is 47.8 Å². The Balaban J connectivity index is 1.70. The van der Waals surface area contributed by atoms with E-state index >= 15 is 0 Å². The molecule has 0 fully saturated rings. The van der Waals surface area contributed by atoms with Gasteiger partial charge in [-0.2, -0.15) is 11.3 Å². The molecule has 1 aromatic carbocycles. The van der Waals surface area contributed by atoms with Gasteiger partial charge in [0, 0.05) is 29.2 Å². The molecule has 0 saturated heterocycles. The number of fused-ring (bicyclic) bond motifs is 2. The summed E-state index contributed by atoms with van der Waals surface area (Å²) in [4.78, 5) is 31.7. The quantitative estimate of drug-likeness (QED) is 0.739. The molecule has 5 nitrogen and oxygen atoms in total. The predicted molar refractivity (Wildman–Crippen MR) is 99.8 cm³/mol. The SMILES string of the molecule is CN1C(=O)c2cccnc2Sc2cc(NC(=O)c3ccsc3)ccc21. The largest absolute Gasteiger partial charge is 0.322 e. The Kier molecular flexibility index (Phi) is 4.03. The number of hydrogen-bond donors (Lipinski definition) is 1. The van der Waals surface area contributed by atoms with Crippen LogP contribution in [0.25, 0.3) is 0 Å². The van der Waals surface area contributed by atoms with Crippen LogP contribution in [0.1, 0.15) is 20.7 Å². The monoisotopic (exact) mass is 367 g/mol. The third-order valence-electron chi connectivity index (χ3n) is 3.88. The fourth-order valence-electron chi connectivity index (χ4n) is 2.58. The van der Waals surface area contributed by atoms with Gasteiger partial charge in [-0.15, -0.1) is 0 Å². The summed E-state index contributed by atoms with van der Waals surface area (Å²) < 4.78 is 0. The summed E-state index contributed by atoms with van der Waals surface area (Å²) in [5, 5.41) is 7.23. The van der Waals surface area contributed by atoms with Crippen molar-refractivity contribution in [3.8, 4) is 0 Å². The number of carbonyl (C=O) groups is 2. The van der Waals surface area contributed by atoms with E-state index in [1.165, 1.54) is 23.1 Å². The smallest absolute Gasteiger partial charge is 0.260 e. The highest BCUT2D eigenvalue weighted by atomic mass is 32.2. The first-order valence-electron chi connectivity index (χ1n) is 7.52. The van der Waals surface area contributed by atoms with Gasteiger partial charge in [0.25, 0.3) is 11.8 Å². The lowest BCUT2D eigenvalue weighted by atomic mass is 10.2. The summed E-state index contributed by atoms with van der Waals surface area (Å²) in [7, 11) is 1.74. The van der Waals surface area contributed by atoms with Crippen molar-refractivity contribution in [3.05, 3.63) is 64.5 Å². The minimum Gasteiger partial charge on any atom is -0.322 e. The molecule has 1 N–H and O–H groups in total. The molecule has 7 heteroatoms. The second kappa shape index (κ2) is 6.34. The molecule has 0 radical (unpaired) electrons. The van der Waals surface area contributed by atoms with Gasteiger partial charge >= 0.3 is 0 Å². The topological polar surface area (TPSA) is 62.3 Å². The minimum absolute atomic E-state index is 0.0931. The summed E-state index contributed by atoms with van der Waals surface area (Å²) in [5.41, 5.74) is 2.69. The van der Waals surface area contributed by atoms with Crippen LogP contribution in [0.15, 0.2) is 63.3 Å². The molecule has 4 rings (SSSR count). The van der Waals surface area contributed by atoms with E-state index in [0.717, 1.165) is 10.6 Å². The highest BCUT2D eigenvalue weighted by molar-refractivity contribution is 7.99. The molecule has 0 spiro atoms. The first kappa shape index (κ1) is 15.9. The van der Waals surface area contributed by atoms with Gasteiger partial charge in [0.05, 0.1) is 16.8 Å². The third kappa shape index (κ3) is 2.92. The van der Waals surface area contributed by atoms with Gasteiger partial charge in [-0.3, -0.25) is 9.59 Å². The lowest BCUT2D eigenvalue weighted by molar-refractivity contribution is 0.0987. The van der Waals surface area contributed by atoms with Crippen molar-refractivity contribution in [1.82, 2.24) is 4.98 Å². The van der Waals surface area contributed by atoms with Crippen molar-refractivity contribution < 1.29 is 9.59 Å². The van der Waals surface area contributed by atoms with Crippen LogP contribution in [0, 0.1) is 0 Å². The molecule has 0 bridgehead atoms. The van der Waals surface area contributed by atoms with E-state index in [4.69, 9.17) is 0 Å². The number of nitrogens with one attached hydrogen (secondary N) is 1. The van der Waals surface area contributed by atoms with Crippen LogP contribution in [-0.2, 0) is 0 Å². The van der Waals surface area contributed by atoms with Gasteiger partial charge in [-0.05, 0) is 41.8 Å². The number of amides is 2. The van der Waals surface area contributed by atoms with Gasteiger partial charge in [0.1, 0.15) is 5.03 Å². The molecule has 3 aromatic rings. The van der Waals surface area contributed by atoms with Crippen molar-refractivity contribution in [2.45, 2.75) is 9.92 Å². The molecule has 2 amide bonds. The molecule has 1 aliphatic rings. The number of thiophene rings is 1. The number of anilines is 2. The zero-order valence-corrected chi connectivity index (χ0v) is 14.9. The molecular weight excluding hydrogens is 354 g/mol. The standard InChI is InChI=1S/C18H13N3O2S2/c1-21-14-5-4-12(20-16(22)11-6-8-24-10-11)9-15(14)25-17-13(18(21)23)3-2-7-19-17/h2-10H,1H3,(H,20,22). The lowest BCUT2D eigenvalue weighted by Gasteiger charge is -2.18. The number of pyridine rings is 1.